The Bertz CT molecular complexity index is 990. The second-order valence-corrected chi connectivity index (χ2v) is 8.40. The average molecular weight is 408 g/mol. The lowest BCUT2D eigenvalue weighted by Gasteiger charge is -2.20. The number of amides is 2. The van der Waals surface area contributed by atoms with Crippen LogP contribution in [0.5, 0.6) is 0 Å². The normalized spacial score (nSPS) is 14.3. The van der Waals surface area contributed by atoms with Crippen LogP contribution >= 0.6 is 11.6 Å². The fraction of sp³-hybridized carbons (Fsp3) is 0.222. The van der Waals surface area contributed by atoms with Crippen LogP contribution < -0.4 is 14.9 Å². The number of hydrogen-bond acceptors (Lipinski definition) is 4. The molecule has 0 atom stereocenters. The first kappa shape index (κ1) is 19.2. The van der Waals surface area contributed by atoms with E-state index < -0.39 is 10.0 Å². The molecule has 9 heteroatoms. The molecule has 0 saturated carbocycles. The van der Waals surface area contributed by atoms with Gasteiger partial charge in [-0.3, -0.25) is 14.3 Å². The minimum absolute atomic E-state index is 0.0393. The Kier molecular flexibility index (Phi) is 5.38. The van der Waals surface area contributed by atoms with Crippen molar-refractivity contribution < 1.29 is 18.0 Å². The van der Waals surface area contributed by atoms with Crippen molar-refractivity contribution in [3.63, 3.8) is 0 Å². The summed E-state index contributed by atoms with van der Waals surface area (Å²) in [6.45, 7) is 0.547. The molecule has 1 fully saturated rings. The number of nitrogens with one attached hydrogen (secondary N) is 2. The van der Waals surface area contributed by atoms with Gasteiger partial charge in [-0.1, -0.05) is 11.6 Å². The highest BCUT2D eigenvalue weighted by molar-refractivity contribution is 7.92. The van der Waals surface area contributed by atoms with Gasteiger partial charge in [0.1, 0.15) is 0 Å². The monoisotopic (exact) mass is 407 g/mol. The molecule has 2 aromatic carbocycles. The Morgan fingerprint density at radius 3 is 2.37 bits per heavy atom. The number of anilines is 3. The van der Waals surface area contributed by atoms with Crippen molar-refractivity contribution in [2.24, 2.45) is 0 Å². The first-order valence-electron chi connectivity index (χ1n) is 8.22. The molecule has 2 N–H and O–H groups in total. The van der Waals surface area contributed by atoms with Gasteiger partial charge in [0.05, 0.1) is 17.5 Å². The van der Waals surface area contributed by atoms with Crippen molar-refractivity contribution in [3.05, 3.63) is 53.1 Å². The second kappa shape index (κ2) is 7.58. The van der Waals surface area contributed by atoms with Gasteiger partial charge in [0, 0.05) is 29.4 Å². The van der Waals surface area contributed by atoms with Crippen LogP contribution in [0.3, 0.4) is 0 Å². The highest BCUT2D eigenvalue weighted by Crippen LogP contribution is 2.29. The largest absolute Gasteiger partial charge is 0.322 e. The molecule has 1 aliphatic heterocycles. The highest BCUT2D eigenvalue weighted by Gasteiger charge is 2.26. The number of nitrogens with zero attached hydrogens (tertiary/aromatic N) is 1. The Morgan fingerprint density at radius 1 is 1.11 bits per heavy atom. The number of hydrogen-bond donors (Lipinski definition) is 2. The van der Waals surface area contributed by atoms with E-state index in [2.05, 4.69) is 10.0 Å². The maximum Gasteiger partial charge on any atom is 0.257 e. The molecule has 0 unspecified atom stereocenters. The molecule has 2 aromatic rings. The molecule has 0 aromatic heterocycles. The molecule has 3 rings (SSSR count). The van der Waals surface area contributed by atoms with Crippen LogP contribution in [0.25, 0.3) is 0 Å². The zero-order chi connectivity index (χ0) is 19.6. The van der Waals surface area contributed by atoms with Gasteiger partial charge < -0.3 is 10.2 Å². The van der Waals surface area contributed by atoms with Gasteiger partial charge in [-0.2, -0.15) is 0 Å². The van der Waals surface area contributed by atoms with E-state index in [-0.39, 0.29) is 11.8 Å². The predicted octanol–water partition coefficient (Wildman–Crippen LogP) is 3.09. The van der Waals surface area contributed by atoms with Gasteiger partial charge >= 0.3 is 0 Å². The molecule has 142 valence electrons. The number of rotatable bonds is 5. The fourth-order valence-electron chi connectivity index (χ4n) is 2.86. The van der Waals surface area contributed by atoms with Crippen LogP contribution in [0.1, 0.15) is 23.2 Å². The summed E-state index contributed by atoms with van der Waals surface area (Å²) in [7, 11) is -3.37. The topological polar surface area (TPSA) is 95.6 Å². The SMILES string of the molecule is CS(=O)(=O)Nc1ccc(NC(=O)c2ccc(Cl)cc2N2CCCC2=O)cc1. The Labute approximate surface area is 162 Å². The van der Waals surface area contributed by atoms with E-state index in [1.165, 1.54) is 0 Å². The summed E-state index contributed by atoms with van der Waals surface area (Å²) in [5, 5.41) is 3.19. The molecule has 1 heterocycles. The molecule has 27 heavy (non-hydrogen) atoms. The Balaban J connectivity index is 1.81. The first-order valence-corrected chi connectivity index (χ1v) is 10.5. The molecule has 0 radical (unpaired) electrons. The first-order chi connectivity index (χ1) is 12.7. The lowest BCUT2D eigenvalue weighted by molar-refractivity contribution is -0.117. The third-order valence-corrected chi connectivity index (χ3v) is 4.86. The maximum absolute atomic E-state index is 12.7. The van der Waals surface area contributed by atoms with Crippen molar-refractivity contribution >= 4 is 50.5 Å². The fourth-order valence-corrected chi connectivity index (χ4v) is 3.59. The van der Waals surface area contributed by atoms with Crippen LogP contribution in [0.4, 0.5) is 17.1 Å². The zero-order valence-corrected chi connectivity index (χ0v) is 16.1. The molecule has 0 bridgehead atoms. The molecule has 0 spiro atoms. The lowest BCUT2D eigenvalue weighted by Crippen LogP contribution is -2.27. The summed E-state index contributed by atoms with van der Waals surface area (Å²) in [6, 6.07) is 11.0. The third kappa shape index (κ3) is 4.78. The summed E-state index contributed by atoms with van der Waals surface area (Å²) in [6.07, 6.45) is 2.24. The molecule has 2 amide bonds. The maximum atomic E-state index is 12.7. The lowest BCUT2D eigenvalue weighted by atomic mass is 10.1. The summed E-state index contributed by atoms with van der Waals surface area (Å²) in [5.41, 5.74) is 1.71. The quantitative estimate of drug-likeness (QED) is 0.796. The van der Waals surface area contributed by atoms with Crippen molar-refractivity contribution in [2.45, 2.75) is 12.8 Å². The summed E-state index contributed by atoms with van der Waals surface area (Å²) >= 11 is 6.05. The number of sulfonamides is 1. The van der Waals surface area contributed by atoms with Gasteiger partial charge in [0.15, 0.2) is 0 Å². The van der Waals surface area contributed by atoms with Crippen LogP contribution in [0.2, 0.25) is 5.02 Å². The Morgan fingerprint density at radius 2 is 1.78 bits per heavy atom. The van der Waals surface area contributed by atoms with Crippen molar-refractivity contribution in [1.82, 2.24) is 0 Å². The molecule has 1 saturated heterocycles. The minimum atomic E-state index is -3.37. The van der Waals surface area contributed by atoms with E-state index in [4.69, 9.17) is 11.6 Å². The van der Waals surface area contributed by atoms with Crippen LogP contribution in [0.15, 0.2) is 42.5 Å². The number of carbonyl (C=O) groups is 2. The van der Waals surface area contributed by atoms with Crippen molar-refractivity contribution in [2.75, 3.05) is 27.7 Å². The van der Waals surface area contributed by atoms with E-state index in [0.717, 1.165) is 12.7 Å². The van der Waals surface area contributed by atoms with Gasteiger partial charge in [0.2, 0.25) is 15.9 Å². The Hall–Kier alpha value is -2.58. The van der Waals surface area contributed by atoms with Gasteiger partial charge in [-0.05, 0) is 48.9 Å². The standard InChI is InChI=1S/C18H18ClN3O4S/c1-27(25,26)21-14-7-5-13(6-8-14)20-18(24)15-9-4-12(19)11-16(15)22-10-2-3-17(22)23/h4-9,11,21H,2-3,10H2,1H3,(H,20,24). The number of benzene rings is 2. The van der Waals surface area contributed by atoms with Crippen LogP contribution in [0, 0.1) is 0 Å². The van der Waals surface area contributed by atoms with E-state index in [0.29, 0.717) is 40.6 Å². The average Bonchev–Trinajstić information content (AvgIpc) is 3.01. The van der Waals surface area contributed by atoms with Crippen molar-refractivity contribution in [3.8, 4) is 0 Å². The van der Waals surface area contributed by atoms with Crippen LogP contribution in [-0.2, 0) is 14.8 Å². The number of halogens is 1. The zero-order valence-electron chi connectivity index (χ0n) is 14.5. The van der Waals surface area contributed by atoms with Crippen molar-refractivity contribution in [1.29, 1.82) is 0 Å². The van der Waals surface area contributed by atoms with E-state index in [1.54, 1.807) is 47.4 Å². The van der Waals surface area contributed by atoms with Gasteiger partial charge in [-0.15, -0.1) is 0 Å². The molecule has 7 nitrogen and oxygen atoms in total. The minimum Gasteiger partial charge on any atom is -0.322 e. The number of carbonyl (C=O) groups excluding carboxylic acids is 2. The van der Waals surface area contributed by atoms with E-state index in [9.17, 15) is 18.0 Å². The molecular formula is C18H18ClN3O4S. The molecule has 1 aliphatic rings. The molecule has 0 aliphatic carbocycles. The molecular weight excluding hydrogens is 390 g/mol. The van der Waals surface area contributed by atoms with E-state index >= 15 is 0 Å². The van der Waals surface area contributed by atoms with Gasteiger partial charge in [-0.25, -0.2) is 8.42 Å². The summed E-state index contributed by atoms with van der Waals surface area (Å²) in [4.78, 5) is 26.4. The second-order valence-electron chi connectivity index (χ2n) is 6.22. The van der Waals surface area contributed by atoms with Crippen LogP contribution in [-0.4, -0.2) is 33.0 Å². The predicted molar refractivity (Wildman–Crippen MR) is 106 cm³/mol. The smallest absolute Gasteiger partial charge is 0.257 e. The summed E-state index contributed by atoms with van der Waals surface area (Å²) in [5.74, 6) is -0.423. The van der Waals surface area contributed by atoms with E-state index in [1.807, 2.05) is 0 Å². The third-order valence-electron chi connectivity index (χ3n) is 4.01. The summed E-state index contributed by atoms with van der Waals surface area (Å²) < 4.78 is 24.8. The highest BCUT2D eigenvalue weighted by atomic mass is 35.5. The van der Waals surface area contributed by atoms with Gasteiger partial charge in [0.25, 0.3) is 5.91 Å².